The summed E-state index contributed by atoms with van der Waals surface area (Å²) < 4.78 is 5.63. The molecule has 2 N–H and O–H groups in total. The Morgan fingerprint density at radius 3 is 2.35 bits per heavy atom. The molecule has 4 rings (SSSR count). The van der Waals surface area contributed by atoms with Crippen molar-refractivity contribution in [1.29, 1.82) is 0 Å². The van der Waals surface area contributed by atoms with Crippen LogP contribution in [0.3, 0.4) is 0 Å². The number of amides is 1. The molecular formula is C28H30N2O5S2. The summed E-state index contributed by atoms with van der Waals surface area (Å²) in [5.74, 6) is -0.786. The van der Waals surface area contributed by atoms with Crippen LogP contribution in [0.5, 0.6) is 0 Å². The molecule has 1 amide bonds. The van der Waals surface area contributed by atoms with Gasteiger partial charge >= 0.3 is 11.9 Å². The Balaban J connectivity index is 1.50. The third kappa shape index (κ3) is 7.67. The lowest BCUT2D eigenvalue weighted by molar-refractivity contribution is -0.150. The molecule has 9 heteroatoms. The van der Waals surface area contributed by atoms with E-state index < -0.39 is 30.6 Å². The number of nitrogens with zero attached hydrogens (tertiary/aromatic N) is 1. The number of hydrogen-bond acceptors (Lipinski definition) is 7. The second kappa shape index (κ2) is 13.4. The SMILES string of the molecule is O=C(O)CN1C(=O)C(N[C@H](CCc2ccccc2)C(=O)OCc2ccccc2)CSCC1c1cccs1. The maximum Gasteiger partial charge on any atom is 0.323 e. The van der Waals surface area contributed by atoms with Crippen molar-refractivity contribution in [3.05, 3.63) is 94.2 Å². The number of nitrogens with one attached hydrogen (secondary N) is 1. The number of hydrogen-bond donors (Lipinski definition) is 2. The monoisotopic (exact) mass is 538 g/mol. The minimum absolute atomic E-state index is 0.141. The summed E-state index contributed by atoms with van der Waals surface area (Å²) in [7, 11) is 0. The molecule has 1 aliphatic heterocycles. The highest BCUT2D eigenvalue weighted by Gasteiger charge is 2.37. The molecule has 1 aliphatic rings. The van der Waals surface area contributed by atoms with Crippen LogP contribution in [-0.2, 0) is 32.1 Å². The summed E-state index contributed by atoms with van der Waals surface area (Å²) in [6.07, 6.45) is 1.07. The predicted octanol–water partition coefficient (Wildman–Crippen LogP) is 4.15. The molecule has 2 unspecified atom stereocenters. The zero-order chi connectivity index (χ0) is 26.0. The van der Waals surface area contributed by atoms with Crippen molar-refractivity contribution in [2.45, 2.75) is 37.6 Å². The van der Waals surface area contributed by atoms with Crippen LogP contribution in [-0.4, -0.2) is 58.0 Å². The maximum absolute atomic E-state index is 13.6. The molecule has 2 aromatic carbocycles. The van der Waals surface area contributed by atoms with Crippen molar-refractivity contribution in [2.75, 3.05) is 18.1 Å². The van der Waals surface area contributed by atoms with Crippen LogP contribution in [0.4, 0.5) is 0 Å². The van der Waals surface area contributed by atoms with E-state index in [4.69, 9.17) is 4.74 Å². The van der Waals surface area contributed by atoms with Crippen molar-refractivity contribution >= 4 is 40.9 Å². The standard InChI is InChI=1S/C28H30N2O5S2/c31-26(32)16-30-24(25-12-7-15-37-25)19-36-18-23(27(30)33)29-22(14-13-20-8-3-1-4-9-20)28(34)35-17-21-10-5-2-6-11-21/h1-12,15,22-24,29H,13-14,16-19H2,(H,31,32)/t22-,23?,24?/m1/s1. The lowest BCUT2D eigenvalue weighted by Crippen LogP contribution is -2.54. The molecule has 0 bridgehead atoms. The Hall–Kier alpha value is -3.14. The van der Waals surface area contributed by atoms with Crippen molar-refractivity contribution < 1.29 is 24.2 Å². The van der Waals surface area contributed by atoms with Gasteiger partial charge in [0.05, 0.1) is 12.1 Å². The number of esters is 1. The topological polar surface area (TPSA) is 95.9 Å². The Morgan fingerprint density at radius 2 is 1.70 bits per heavy atom. The van der Waals surface area contributed by atoms with Gasteiger partial charge in [-0.2, -0.15) is 11.8 Å². The van der Waals surface area contributed by atoms with Crippen molar-refractivity contribution in [3.8, 4) is 0 Å². The predicted molar refractivity (Wildman–Crippen MR) is 145 cm³/mol. The summed E-state index contributed by atoms with van der Waals surface area (Å²) >= 11 is 3.09. The van der Waals surface area contributed by atoms with E-state index in [9.17, 15) is 19.5 Å². The van der Waals surface area contributed by atoms with E-state index in [1.807, 2.05) is 78.2 Å². The number of aliphatic carboxylic acids is 1. The summed E-state index contributed by atoms with van der Waals surface area (Å²) in [4.78, 5) is 40.9. The van der Waals surface area contributed by atoms with Gasteiger partial charge in [0.25, 0.3) is 0 Å². The van der Waals surface area contributed by atoms with Crippen LogP contribution in [0, 0.1) is 0 Å². The first-order valence-corrected chi connectivity index (χ1v) is 14.2. The van der Waals surface area contributed by atoms with E-state index in [0.29, 0.717) is 24.3 Å². The first-order valence-electron chi connectivity index (χ1n) is 12.1. The van der Waals surface area contributed by atoms with Gasteiger partial charge in [0.15, 0.2) is 0 Å². The zero-order valence-electron chi connectivity index (χ0n) is 20.3. The van der Waals surface area contributed by atoms with Gasteiger partial charge in [0.1, 0.15) is 19.2 Å². The van der Waals surface area contributed by atoms with Crippen LogP contribution in [0.1, 0.15) is 28.5 Å². The van der Waals surface area contributed by atoms with E-state index in [1.165, 1.54) is 16.2 Å². The Labute approximate surface area is 224 Å². The van der Waals surface area contributed by atoms with Crippen LogP contribution in [0.2, 0.25) is 0 Å². The minimum atomic E-state index is -1.07. The number of carboxylic acid groups (broad SMARTS) is 1. The molecule has 3 atom stereocenters. The van der Waals surface area contributed by atoms with E-state index >= 15 is 0 Å². The number of aryl methyl sites for hydroxylation is 1. The summed E-state index contributed by atoms with van der Waals surface area (Å²) in [6.45, 7) is -0.255. The fourth-order valence-electron chi connectivity index (χ4n) is 4.28. The number of carboxylic acids is 1. The van der Waals surface area contributed by atoms with Gasteiger partial charge in [-0.3, -0.25) is 19.7 Å². The lowest BCUT2D eigenvalue weighted by Gasteiger charge is -2.30. The van der Waals surface area contributed by atoms with Crippen LogP contribution < -0.4 is 5.32 Å². The first kappa shape index (κ1) is 26.9. The van der Waals surface area contributed by atoms with E-state index in [0.717, 1.165) is 16.0 Å². The normalized spacial score (nSPS) is 18.7. The number of rotatable bonds is 11. The first-order chi connectivity index (χ1) is 18.0. The molecule has 3 aromatic rings. The fraction of sp³-hybridized carbons (Fsp3) is 0.321. The van der Waals surface area contributed by atoms with Gasteiger partial charge < -0.3 is 14.7 Å². The van der Waals surface area contributed by atoms with Gasteiger partial charge in [-0.15, -0.1) is 11.3 Å². The highest BCUT2D eigenvalue weighted by Crippen LogP contribution is 2.32. The molecular weight excluding hydrogens is 508 g/mol. The summed E-state index contributed by atoms with van der Waals surface area (Å²) in [6, 6.07) is 21.4. The number of carbonyl (C=O) groups excluding carboxylic acids is 2. The van der Waals surface area contributed by atoms with Crippen molar-refractivity contribution in [2.24, 2.45) is 0 Å². The zero-order valence-corrected chi connectivity index (χ0v) is 22.0. The molecule has 0 radical (unpaired) electrons. The molecule has 2 heterocycles. The Kier molecular flexibility index (Phi) is 9.76. The third-order valence-corrected chi connectivity index (χ3v) is 8.26. The maximum atomic E-state index is 13.6. The fourth-order valence-corrected chi connectivity index (χ4v) is 6.42. The summed E-state index contributed by atoms with van der Waals surface area (Å²) in [5.41, 5.74) is 1.96. The highest BCUT2D eigenvalue weighted by atomic mass is 32.2. The Morgan fingerprint density at radius 1 is 1.00 bits per heavy atom. The average Bonchev–Trinajstić information content (AvgIpc) is 3.40. The average molecular weight is 539 g/mol. The second-order valence-corrected chi connectivity index (χ2v) is 10.9. The van der Waals surface area contributed by atoms with E-state index in [-0.39, 0.29) is 18.6 Å². The van der Waals surface area contributed by atoms with Crippen LogP contribution in [0.25, 0.3) is 0 Å². The molecule has 0 saturated carbocycles. The molecule has 194 valence electrons. The highest BCUT2D eigenvalue weighted by molar-refractivity contribution is 7.99. The minimum Gasteiger partial charge on any atom is -0.480 e. The van der Waals surface area contributed by atoms with Gasteiger partial charge in [0, 0.05) is 16.4 Å². The van der Waals surface area contributed by atoms with Gasteiger partial charge in [0.2, 0.25) is 5.91 Å². The van der Waals surface area contributed by atoms with Crippen LogP contribution >= 0.6 is 23.1 Å². The number of carbonyl (C=O) groups is 3. The number of thiophene rings is 1. The number of thioether (sulfide) groups is 1. The van der Waals surface area contributed by atoms with Gasteiger partial charge in [-0.1, -0.05) is 66.7 Å². The van der Waals surface area contributed by atoms with E-state index in [2.05, 4.69) is 5.32 Å². The molecule has 1 aromatic heterocycles. The molecule has 1 saturated heterocycles. The second-order valence-electron chi connectivity index (χ2n) is 8.82. The van der Waals surface area contributed by atoms with Gasteiger partial charge in [-0.05, 0) is 35.4 Å². The van der Waals surface area contributed by atoms with E-state index in [1.54, 1.807) is 11.8 Å². The Bertz CT molecular complexity index is 1160. The molecule has 37 heavy (non-hydrogen) atoms. The molecule has 7 nitrogen and oxygen atoms in total. The quantitative estimate of drug-likeness (QED) is 0.354. The lowest BCUT2D eigenvalue weighted by atomic mass is 10.0. The summed E-state index contributed by atoms with van der Waals surface area (Å²) in [5, 5.41) is 14.7. The number of ether oxygens (including phenoxy) is 1. The smallest absolute Gasteiger partial charge is 0.323 e. The number of benzene rings is 2. The largest absolute Gasteiger partial charge is 0.480 e. The third-order valence-electron chi connectivity index (χ3n) is 6.17. The molecule has 0 aliphatic carbocycles. The molecule has 0 spiro atoms. The van der Waals surface area contributed by atoms with Crippen LogP contribution in [0.15, 0.2) is 78.2 Å². The van der Waals surface area contributed by atoms with Gasteiger partial charge in [-0.25, -0.2) is 0 Å². The van der Waals surface area contributed by atoms with Crippen molar-refractivity contribution in [3.63, 3.8) is 0 Å². The molecule has 1 fully saturated rings. The van der Waals surface area contributed by atoms with Crippen molar-refractivity contribution in [1.82, 2.24) is 10.2 Å².